The third-order valence-corrected chi connectivity index (χ3v) is 3.80. The van der Waals surface area contributed by atoms with Crippen LogP contribution in [0.1, 0.15) is 23.7 Å². The predicted octanol–water partition coefficient (Wildman–Crippen LogP) is 2.54. The van der Waals surface area contributed by atoms with E-state index in [9.17, 15) is 4.79 Å². The third-order valence-electron chi connectivity index (χ3n) is 2.19. The Morgan fingerprint density at radius 3 is 3.12 bits per heavy atom. The van der Waals surface area contributed by atoms with Crippen molar-refractivity contribution in [2.45, 2.75) is 18.7 Å². The number of carbonyl (C=O) groups excluding carboxylic acids is 1. The van der Waals surface area contributed by atoms with Crippen molar-refractivity contribution in [2.24, 2.45) is 4.99 Å². The molecule has 1 fully saturated rings. The van der Waals surface area contributed by atoms with Gasteiger partial charge in [0.15, 0.2) is 0 Å². The molecular weight excluding hydrogens is 302 g/mol. The van der Waals surface area contributed by atoms with Crippen molar-refractivity contribution in [1.29, 1.82) is 0 Å². The van der Waals surface area contributed by atoms with Gasteiger partial charge in [-0.05, 0) is 24.6 Å². The Hall–Kier alpha value is -0.850. The van der Waals surface area contributed by atoms with Crippen molar-refractivity contribution in [3.63, 3.8) is 0 Å². The summed E-state index contributed by atoms with van der Waals surface area (Å²) in [4.78, 5) is 15.8. The minimum atomic E-state index is -0.267. The number of nitrogens with zero attached hydrogens (tertiary/aromatic N) is 2. The molecule has 0 spiro atoms. The summed E-state index contributed by atoms with van der Waals surface area (Å²) in [5.74, 6) is -0.267. The fraction of sp³-hybridized carbons (Fsp3) is 0.273. The molecule has 1 unspecified atom stereocenters. The highest BCUT2D eigenvalue weighted by molar-refractivity contribution is 9.10. The number of carbonyl (C=O) groups is 1. The summed E-state index contributed by atoms with van der Waals surface area (Å²) in [6.07, 6.45) is 0.943. The molecule has 1 amide bonds. The van der Waals surface area contributed by atoms with Gasteiger partial charge in [0.1, 0.15) is 0 Å². The molecule has 4 nitrogen and oxygen atoms in total. The number of amidine groups is 1. The molecule has 17 heavy (non-hydrogen) atoms. The van der Waals surface area contributed by atoms with Crippen molar-refractivity contribution >= 4 is 38.8 Å². The Balaban J connectivity index is 2.09. The Labute approximate surface area is 112 Å². The molecule has 1 radical (unpaired) electrons. The molecule has 1 atom stereocenters. The molecule has 1 aliphatic heterocycles. The number of benzene rings is 1. The van der Waals surface area contributed by atoms with Gasteiger partial charge in [-0.3, -0.25) is 4.79 Å². The molecule has 1 N–H and O–H groups in total. The number of thioether (sulfide) groups is 1. The average Bonchev–Trinajstić information content (AvgIpc) is 2.77. The van der Waals surface area contributed by atoms with Crippen LogP contribution >= 0.6 is 27.7 Å². The van der Waals surface area contributed by atoms with Crippen molar-refractivity contribution in [2.75, 3.05) is 0 Å². The highest BCUT2D eigenvalue weighted by Crippen LogP contribution is 2.19. The lowest BCUT2D eigenvalue weighted by molar-refractivity contribution is 0.100. The van der Waals surface area contributed by atoms with Gasteiger partial charge >= 0.3 is 0 Å². The number of aliphatic imine (C=N–C) groups is 1. The minimum Gasteiger partial charge on any atom is -0.267 e. The normalized spacial score (nSPS) is 21.5. The zero-order chi connectivity index (χ0) is 12.3. The molecule has 1 heterocycles. The summed E-state index contributed by atoms with van der Waals surface area (Å²) < 4.78 is 0.865. The fourth-order valence-electron chi connectivity index (χ4n) is 1.31. The average molecular weight is 313 g/mol. The number of rotatable bonds is 2. The molecule has 1 aromatic carbocycles. The number of hydrogen-bond donors (Lipinski definition) is 1. The number of halogens is 1. The van der Waals surface area contributed by atoms with Crippen LogP contribution in [-0.4, -0.2) is 16.4 Å². The van der Waals surface area contributed by atoms with E-state index in [2.05, 4.69) is 38.7 Å². The van der Waals surface area contributed by atoms with Crippen LogP contribution in [0.15, 0.2) is 33.7 Å². The first-order valence-electron chi connectivity index (χ1n) is 5.20. The van der Waals surface area contributed by atoms with E-state index >= 15 is 0 Å². The molecule has 1 aromatic rings. The maximum Gasteiger partial charge on any atom is 0.279 e. The zero-order valence-electron chi connectivity index (χ0n) is 9.18. The van der Waals surface area contributed by atoms with E-state index in [1.54, 1.807) is 12.1 Å². The van der Waals surface area contributed by atoms with Crippen LogP contribution in [-0.2, 0) is 0 Å². The summed E-state index contributed by atoms with van der Waals surface area (Å²) in [6.45, 7) is 2.05. The van der Waals surface area contributed by atoms with E-state index in [1.165, 1.54) is 11.8 Å². The maximum absolute atomic E-state index is 11.8. The molecule has 0 saturated carbocycles. The van der Waals surface area contributed by atoms with Crippen LogP contribution in [0.4, 0.5) is 0 Å². The largest absolute Gasteiger partial charge is 0.279 e. The van der Waals surface area contributed by atoms with Gasteiger partial charge < -0.3 is 0 Å². The van der Waals surface area contributed by atoms with Crippen LogP contribution in [0, 0.1) is 0 Å². The highest BCUT2D eigenvalue weighted by Gasteiger charge is 2.21. The van der Waals surface area contributed by atoms with Crippen LogP contribution in [0.3, 0.4) is 0 Å². The molecule has 0 bridgehead atoms. The molecule has 2 rings (SSSR count). The zero-order valence-corrected chi connectivity index (χ0v) is 11.6. The third kappa shape index (κ3) is 3.31. The predicted molar refractivity (Wildman–Crippen MR) is 72.8 cm³/mol. The summed E-state index contributed by atoms with van der Waals surface area (Å²) in [5.41, 5.74) is 7.48. The molecule has 0 aliphatic carbocycles. The number of hydrogen-bond acceptors (Lipinski definition) is 3. The molecule has 0 aromatic heterocycles. The van der Waals surface area contributed by atoms with Gasteiger partial charge in [0.2, 0.25) is 5.17 Å². The number of amides is 1. The van der Waals surface area contributed by atoms with E-state index in [-0.39, 0.29) is 11.3 Å². The second kappa shape index (κ2) is 5.66. The SMILES string of the molecule is CCC1N[N]C(=NC(=O)c2cccc(Br)c2)S1. The maximum atomic E-state index is 11.8. The van der Waals surface area contributed by atoms with E-state index in [1.807, 2.05) is 12.1 Å². The van der Waals surface area contributed by atoms with Gasteiger partial charge in [-0.25, -0.2) is 0 Å². The Morgan fingerprint density at radius 2 is 2.47 bits per heavy atom. The van der Waals surface area contributed by atoms with Crippen molar-refractivity contribution < 1.29 is 4.79 Å². The van der Waals surface area contributed by atoms with Crippen LogP contribution in [0.25, 0.3) is 0 Å². The van der Waals surface area contributed by atoms with Crippen LogP contribution in [0.2, 0.25) is 0 Å². The second-order valence-corrected chi connectivity index (χ2v) is 5.55. The quantitative estimate of drug-likeness (QED) is 0.913. The van der Waals surface area contributed by atoms with Gasteiger partial charge in [-0.2, -0.15) is 15.8 Å². The van der Waals surface area contributed by atoms with E-state index in [4.69, 9.17) is 0 Å². The van der Waals surface area contributed by atoms with Crippen molar-refractivity contribution in [3.05, 3.63) is 34.3 Å². The number of nitrogens with one attached hydrogen (secondary N) is 1. The fourth-order valence-corrected chi connectivity index (χ4v) is 2.47. The molecular formula is C11H11BrN3OS. The lowest BCUT2D eigenvalue weighted by Crippen LogP contribution is -2.24. The van der Waals surface area contributed by atoms with Gasteiger partial charge in [0.25, 0.3) is 5.91 Å². The van der Waals surface area contributed by atoms with Crippen molar-refractivity contribution in [1.82, 2.24) is 10.9 Å². The van der Waals surface area contributed by atoms with E-state index < -0.39 is 0 Å². The standard InChI is InChI=1S/C11H11BrN3OS/c1-2-9-14-15-11(17-9)13-10(16)7-4-3-5-8(12)6-7/h3-6,9,14H,2H2,1H3. The smallest absolute Gasteiger partial charge is 0.267 e. The minimum absolute atomic E-state index is 0.226. The first-order valence-corrected chi connectivity index (χ1v) is 6.88. The first kappa shape index (κ1) is 12.6. The van der Waals surface area contributed by atoms with Gasteiger partial charge in [-0.1, -0.05) is 40.7 Å². The topological polar surface area (TPSA) is 55.6 Å². The van der Waals surface area contributed by atoms with Crippen LogP contribution < -0.4 is 10.9 Å². The lowest BCUT2D eigenvalue weighted by Gasteiger charge is -1.98. The van der Waals surface area contributed by atoms with Gasteiger partial charge in [0, 0.05) is 10.0 Å². The first-order chi connectivity index (χ1) is 8.19. The summed E-state index contributed by atoms with van der Waals surface area (Å²) in [5, 5.41) is 0.728. The Bertz CT molecular complexity index is 464. The molecule has 1 saturated heterocycles. The van der Waals surface area contributed by atoms with Crippen molar-refractivity contribution in [3.8, 4) is 0 Å². The molecule has 89 valence electrons. The highest BCUT2D eigenvalue weighted by atomic mass is 79.9. The van der Waals surface area contributed by atoms with Gasteiger partial charge in [0.05, 0.1) is 5.37 Å². The lowest BCUT2D eigenvalue weighted by atomic mass is 10.2. The summed E-state index contributed by atoms with van der Waals surface area (Å²) >= 11 is 4.80. The Kier molecular flexibility index (Phi) is 4.20. The second-order valence-electron chi connectivity index (χ2n) is 3.47. The molecule has 6 heteroatoms. The summed E-state index contributed by atoms with van der Waals surface area (Å²) in [6, 6.07) is 7.16. The van der Waals surface area contributed by atoms with Crippen LogP contribution in [0.5, 0.6) is 0 Å². The van der Waals surface area contributed by atoms with Gasteiger partial charge in [-0.15, -0.1) is 0 Å². The van der Waals surface area contributed by atoms with E-state index in [0.29, 0.717) is 10.7 Å². The summed E-state index contributed by atoms with van der Waals surface area (Å²) in [7, 11) is 0. The Morgan fingerprint density at radius 1 is 1.65 bits per heavy atom. The molecule has 1 aliphatic rings. The van der Waals surface area contributed by atoms with E-state index in [0.717, 1.165) is 10.9 Å². The monoisotopic (exact) mass is 312 g/mol.